The van der Waals surface area contributed by atoms with Crippen LogP contribution in [0.1, 0.15) is 70.3 Å². The van der Waals surface area contributed by atoms with Crippen molar-refractivity contribution in [2.75, 3.05) is 6.61 Å². The van der Waals surface area contributed by atoms with Gasteiger partial charge in [-0.1, -0.05) is 44.7 Å². The third-order valence-corrected chi connectivity index (χ3v) is 4.94. The number of carboxylic acid groups (broad SMARTS) is 1. The predicted molar refractivity (Wildman–Crippen MR) is 96.0 cm³/mol. The van der Waals surface area contributed by atoms with Crippen LogP contribution in [-0.2, 0) is 10.3 Å². The minimum atomic E-state index is -1.24. The summed E-state index contributed by atoms with van der Waals surface area (Å²) in [6, 6.07) is 7.62. The normalized spacial score (nSPS) is 23.2. The van der Waals surface area contributed by atoms with Crippen LogP contribution >= 0.6 is 0 Å². The summed E-state index contributed by atoms with van der Waals surface area (Å²) in [5.41, 5.74) is -0.0478. The Morgan fingerprint density at radius 3 is 2.36 bits per heavy atom. The molecule has 0 spiro atoms. The molecule has 0 atom stereocenters. The molecule has 0 radical (unpaired) electrons. The first kappa shape index (κ1) is 19.6. The topological polar surface area (TPSA) is 76.0 Å². The third kappa shape index (κ3) is 6.24. The molecule has 5 nitrogen and oxygen atoms in total. The fourth-order valence-electron chi connectivity index (χ4n) is 3.38. The van der Waals surface area contributed by atoms with E-state index < -0.39 is 11.8 Å². The van der Waals surface area contributed by atoms with E-state index in [1.807, 2.05) is 24.3 Å². The average Bonchev–Trinajstić information content (AvgIpc) is 2.60. The first-order chi connectivity index (χ1) is 12.0. The Labute approximate surface area is 150 Å². The van der Waals surface area contributed by atoms with Gasteiger partial charge in [-0.2, -0.15) is 0 Å². The number of ether oxygens (including phenoxy) is 2. The highest BCUT2D eigenvalue weighted by Crippen LogP contribution is 2.38. The zero-order valence-corrected chi connectivity index (χ0v) is 15.1. The Hall–Kier alpha value is -1.75. The van der Waals surface area contributed by atoms with Gasteiger partial charge in [0.1, 0.15) is 11.9 Å². The van der Waals surface area contributed by atoms with Crippen molar-refractivity contribution < 1.29 is 24.5 Å². The van der Waals surface area contributed by atoms with Crippen LogP contribution in [0.25, 0.3) is 0 Å². The first-order valence-corrected chi connectivity index (χ1v) is 9.39. The molecule has 1 aromatic carbocycles. The van der Waals surface area contributed by atoms with Crippen molar-refractivity contribution in [3.05, 3.63) is 29.8 Å². The third-order valence-electron chi connectivity index (χ3n) is 4.94. The highest BCUT2D eigenvalue weighted by molar-refractivity contribution is 5.57. The molecular formula is C20H30O5. The number of carbonyl (C=O) groups is 1. The Balaban J connectivity index is 1.78. The van der Waals surface area contributed by atoms with E-state index in [4.69, 9.17) is 14.6 Å². The molecular weight excluding hydrogens is 320 g/mol. The fourth-order valence-corrected chi connectivity index (χ4v) is 3.38. The van der Waals surface area contributed by atoms with E-state index in [0.717, 1.165) is 24.3 Å². The molecule has 1 saturated carbocycles. The maximum Gasteiger partial charge on any atom is 0.506 e. The number of benzene rings is 1. The Kier molecular flexibility index (Phi) is 7.56. The van der Waals surface area contributed by atoms with Gasteiger partial charge in [-0.05, 0) is 49.8 Å². The molecule has 5 heteroatoms. The van der Waals surface area contributed by atoms with Gasteiger partial charge in [0.25, 0.3) is 0 Å². The lowest BCUT2D eigenvalue weighted by Crippen LogP contribution is -2.35. The van der Waals surface area contributed by atoms with Gasteiger partial charge in [-0.3, -0.25) is 0 Å². The number of hydrogen-bond donors (Lipinski definition) is 2. The van der Waals surface area contributed by atoms with Crippen LogP contribution in [0.5, 0.6) is 5.75 Å². The zero-order chi connectivity index (χ0) is 18.1. The standard InChI is InChI=1S/C20H30O5/c1-2-3-4-5-6-15-24-17-9-7-16(8-10-17)20(23)13-11-18(12-14-20)25-19(21)22/h7-10,18,23H,2-6,11-15H2,1H3,(H,21,22). The Bertz CT molecular complexity index is 517. The molecule has 0 saturated heterocycles. The van der Waals surface area contributed by atoms with E-state index in [-0.39, 0.29) is 6.10 Å². The molecule has 0 heterocycles. The molecule has 0 aromatic heterocycles. The molecule has 1 aliphatic carbocycles. The van der Waals surface area contributed by atoms with Gasteiger partial charge in [0.05, 0.1) is 12.2 Å². The van der Waals surface area contributed by atoms with Crippen LogP contribution in [0.15, 0.2) is 24.3 Å². The van der Waals surface area contributed by atoms with E-state index >= 15 is 0 Å². The van der Waals surface area contributed by atoms with Gasteiger partial charge in [0, 0.05) is 0 Å². The highest BCUT2D eigenvalue weighted by Gasteiger charge is 2.36. The maximum absolute atomic E-state index is 10.8. The monoisotopic (exact) mass is 350 g/mol. The summed E-state index contributed by atoms with van der Waals surface area (Å²) in [6.07, 6.45) is 6.59. The Morgan fingerprint density at radius 2 is 1.76 bits per heavy atom. The van der Waals surface area contributed by atoms with Crippen molar-refractivity contribution in [1.29, 1.82) is 0 Å². The molecule has 0 bridgehead atoms. The van der Waals surface area contributed by atoms with Crippen LogP contribution in [0.2, 0.25) is 0 Å². The van der Waals surface area contributed by atoms with E-state index in [9.17, 15) is 9.90 Å². The highest BCUT2D eigenvalue weighted by atomic mass is 16.7. The van der Waals surface area contributed by atoms with Gasteiger partial charge < -0.3 is 19.7 Å². The van der Waals surface area contributed by atoms with Gasteiger partial charge >= 0.3 is 6.16 Å². The smallest absolute Gasteiger partial charge is 0.494 e. The zero-order valence-electron chi connectivity index (χ0n) is 15.1. The van der Waals surface area contributed by atoms with Crippen LogP contribution in [-0.4, -0.2) is 29.1 Å². The van der Waals surface area contributed by atoms with Gasteiger partial charge in [0.15, 0.2) is 0 Å². The van der Waals surface area contributed by atoms with Crippen LogP contribution in [0.4, 0.5) is 4.79 Å². The average molecular weight is 350 g/mol. The van der Waals surface area contributed by atoms with Gasteiger partial charge in [0.2, 0.25) is 0 Å². The van der Waals surface area contributed by atoms with Gasteiger partial charge in [-0.25, -0.2) is 4.79 Å². The lowest BCUT2D eigenvalue weighted by molar-refractivity contribution is -0.0481. The fraction of sp³-hybridized carbons (Fsp3) is 0.650. The second kappa shape index (κ2) is 9.66. The summed E-state index contributed by atoms with van der Waals surface area (Å²) in [5, 5.41) is 19.5. The summed E-state index contributed by atoms with van der Waals surface area (Å²) >= 11 is 0. The number of hydrogen-bond acceptors (Lipinski definition) is 4. The van der Waals surface area contributed by atoms with Crippen molar-refractivity contribution in [3.8, 4) is 5.75 Å². The predicted octanol–water partition coefficient (Wildman–Crippen LogP) is 4.86. The summed E-state index contributed by atoms with van der Waals surface area (Å²) < 4.78 is 10.6. The number of rotatable bonds is 9. The lowest BCUT2D eigenvalue weighted by Gasteiger charge is -2.35. The van der Waals surface area contributed by atoms with Crippen molar-refractivity contribution >= 4 is 6.16 Å². The molecule has 0 unspecified atom stereocenters. The molecule has 1 fully saturated rings. The van der Waals surface area contributed by atoms with Crippen molar-refractivity contribution in [2.24, 2.45) is 0 Å². The van der Waals surface area contributed by atoms with E-state index in [2.05, 4.69) is 6.92 Å². The van der Waals surface area contributed by atoms with E-state index in [1.165, 1.54) is 25.7 Å². The van der Waals surface area contributed by atoms with E-state index in [1.54, 1.807) is 0 Å². The maximum atomic E-state index is 10.8. The molecule has 1 aliphatic rings. The van der Waals surface area contributed by atoms with Crippen molar-refractivity contribution in [2.45, 2.75) is 76.4 Å². The van der Waals surface area contributed by atoms with Crippen molar-refractivity contribution in [1.82, 2.24) is 0 Å². The molecule has 0 amide bonds. The number of unbranched alkanes of at least 4 members (excludes halogenated alkanes) is 4. The summed E-state index contributed by atoms with van der Waals surface area (Å²) in [6.45, 7) is 2.93. The van der Waals surface area contributed by atoms with Crippen molar-refractivity contribution in [3.63, 3.8) is 0 Å². The minimum absolute atomic E-state index is 0.312. The van der Waals surface area contributed by atoms with Crippen LogP contribution in [0, 0.1) is 0 Å². The van der Waals surface area contributed by atoms with Gasteiger partial charge in [-0.15, -0.1) is 0 Å². The first-order valence-electron chi connectivity index (χ1n) is 9.39. The molecule has 2 N–H and O–H groups in total. The molecule has 140 valence electrons. The summed E-state index contributed by atoms with van der Waals surface area (Å²) in [5.74, 6) is 0.825. The molecule has 25 heavy (non-hydrogen) atoms. The molecule has 2 rings (SSSR count). The number of aliphatic hydroxyl groups is 1. The SMILES string of the molecule is CCCCCCCOc1ccc(C2(O)CCC(OC(=O)O)CC2)cc1. The molecule has 1 aromatic rings. The summed E-state index contributed by atoms with van der Waals surface area (Å²) in [7, 11) is 0. The Morgan fingerprint density at radius 1 is 1.12 bits per heavy atom. The minimum Gasteiger partial charge on any atom is -0.494 e. The van der Waals surface area contributed by atoms with Crippen LogP contribution < -0.4 is 4.74 Å². The van der Waals surface area contributed by atoms with E-state index in [0.29, 0.717) is 25.7 Å². The quantitative estimate of drug-likeness (QED) is 0.491. The van der Waals surface area contributed by atoms with Crippen LogP contribution in [0.3, 0.4) is 0 Å². The second-order valence-corrected chi connectivity index (χ2v) is 6.90. The summed E-state index contributed by atoms with van der Waals surface area (Å²) in [4.78, 5) is 10.6. The largest absolute Gasteiger partial charge is 0.506 e. The lowest BCUT2D eigenvalue weighted by atomic mass is 9.78. The second-order valence-electron chi connectivity index (χ2n) is 6.90. The molecule has 0 aliphatic heterocycles.